The van der Waals surface area contributed by atoms with Gasteiger partial charge in [-0.25, -0.2) is 4.79 Å². The fraction of sp³-hybridized carbons (Fsp3) is 0.429. The molecular formula is C14H18N2O2. The van der Waals surface area contributed by atoms with Gasteiger partial charge in [-0.3, -0.25) is 5.41 Å². The van der Waals surface area contributed by atoms with Crippen LogP contribution < -0.4 is 0 Å². The molecule has 1 aliphatic rings. The predicted octanol–water partition coefficient (Wildman–Crippen LogP) is 2.36. The quantitative estimate of drug-likeness (QED) is 0.833. The topological polar surface area (TPSA) is 53.4 Å². The average molecular weight is 246 g/mol. The van der Waals surface area contributed by atoms with Crippen LogP contribution in [-0.4, -0.2) is 30.4 Å². The summed E-state index contributed by atoms with van der Waals surface area (Å²) in [6.45, 7) is 0.744. The summed E-state index contributed by atoms with van der Waals surface area (Å²) in [5.74, 6) is 0.230. The summed E-state index contributed by atoms with van der Waals surface area (Å²) in [4.78, 5) is 13.8. The summed E-state index contributed by atoms with van der Waals surface area (Å²) >= 11 is 0. The van der Waals surface area contributed by atoms with Crippen LogP contribution in [0.1, 0.15) is 30.9 Å². The zero-order valence-electron chi connectivity index (χ0n) is 10.6. The van der Waals surface area contributed by atoms with Crippen LogP contribution >= 0.6 is 0 Å². The van der Waals surface area contributed by atoms with Gasteiger partial charge in [0.05, 0.1) is 12.9 Å². The maximum Gasteiger partial charge on any atom is 0.333 e. The van der Waals surface area contributed by atoms with E-state index in [2.05, 4.69) is 0 Å². The number of ether oxygens (including phenoxy) is 1. The Morgan fingerprint density at radius 2 is 2.06 bits per heavy atom. The lowest BCUT2D eigenvalue weighted by atomic mass is 10.0. The fourth-order valence-electron chi connectivity index (χ4n) is 2.33. The zero-order valence-corrected chi connectivity index (χ0v) is 10.6. The summed E-state index contributed by atoms with van der Waals surface area (Å²) in [6, 6.07) is 9.05. The van der Waals surface area contributed by atoms with Gasteiger partial charge in [-0.15, -0.1) is 0 Å². The maximum atomic E-state index is 12.0. The van der Waals surface area contributed by atoms with Crippen molar-refractivity contribution in [3.8, 4) is 0 Å². The number of nitrogens with one attached hydrogen (secondary N) is 1. The van der Waals surface area contributed by atoms with E-state index in [9.17, 15) is 4.79 Å². The normalized spacial score (nSPS) is 17.4. The number of hydrogen-bond donors (Lipinski definition) is 1. The molecule has 0 spiro atoms. The van der Waals surface area contributed by atoms with E-state index in [1.165, 1.54) is 7.11 Å². The number of hydrogen-bond acceptors (Lipinski definition) is 3. The van der Waals surface area contributed by atoms with Crippen LogP contribution in [0, 0.1) is 5.41 Å². The molecule has 0 amide bonds. The van der Waals surface area contributed by atoms with Gasteiger partial charge in [-0.1, -0.05) is 30.3 Å². The monoisotopic (exact) mass is 246 g/mol. The molecule has 0 bridgehead atoms. The first-order valence-electron chi connectivity index (χ1n) is 6.21. The molecule has 4 nitrogen and oxygen atoms in total. The number of rotatable bonds is 3. The molecule has 1 atom stereocenters. The number of amidine groups is 1. The first kappa shape index (κ1) is 12.6. The second-order valence-electron chi connectivity index (χ2n) is 4.43. The lowest BCUT2D eigenvalue weighted by Crippen LogP contribution is -2.41. The Bertz CT molecular complexity index is 431. The molecule has 1 fully saturated rings. The Kier molecular flexibility index (Phi) is 3.97. The minimum Gasteiger partial charge on any atom is -0.467 e. The van der Waals surface area contributed by atoms with Gasteiger partial charge in [0, 0.05) is 13.0 Å². The highest BCUT2D eigenvalue weighted by Gasteiger charge is 2.31. The first-order chi connectivity index (χ1) is 8.74. The Hall–Kier alpha value is -1.84. The molecule has 1 N–H and O–H groups in total. The largest absolute Gasteiger partial charge is 0.467 e. The van der Waals surface area contributed by atoms with Gasteiger partial charge in [0.2, 0.25) is 0 Å². The van der Waals surface area contributed by atoms with Gasteiger partial charge in [-0.05, 0) is 18.4 Å². The van der Waals surface area contributed by atoms with Crippen molar-refractivity contribution in [3.05, 3.63) is 35.9 Å². The van der Waals surface area contributed by atoms with Gasteiger partial charge in [0.15, 0.2) is 6.04 Å². The lowest BCUT2D eigenvalue weighted by Gasteiger charge is -2.35. The Labute approximate surface area is 107 Å². The van der Waals surface area contributed by atoms with Crippen molar-refractivity contribution in [1.29, 1.82) is 5.41 Å². The standard InChI is InChI=1S/C14H18N2O2/c1-18-14(17)13(11-7-3-2-4-8-11)16-10-6-5-9-12(16)15/h2-4,7-8,13,15H,5-6,9-10H2,1H3. The highest BCUT2D eigenvalue weighted by atomic mass is 16.5. The molecular weight excluding hydrogens is 228 g/mol. The minimum absolute atomic E-state index is 0.298. The summed E-state index contributed by atoms with van der Waals surface area (Å²) in [6.07, 6.45) is 2.78. The molecule has 1 heterocycles. The number of carbonyl (C=O) groups excluding carboxylic acids is 1. The van der Waals surface area contributed by atoms with E-state index in [4.69, 9.17) is 10.1 Å². The number of nitrogens with zero attached hydrogens (tertiary/aromatic N) is 1. The molecule has 1 aromatic rings. The molecule has 0 aromatic heterocycles. The summed E-state index contributed by atoms with van der Waals surface area (Å²) in [5, 5.41) is 8.01. The molecule has 1 aromatic carbocycles. The van der Waals surface area contributed by atoms with Gasteiger partial charge in [0.1, 0.15) is 0 Å². The van der Waals surface area contributed by atoms with Crippen LogP contribution in [0.2, 0.25) is 0 Å². The van der Waals surface area contributed by atoms with Crippen LogP contribution in [0.15, 0.2) is 30.3 Å². The van der Waals surface area contributed by atoms with Crippen molar-refractivity contribution in [1.82, 2.24) is 4.90 Å². The second-order valence-corrected chi connectivity index (χ2v) is 4.43. The van der Waals surface area contributed by atoms with Gasteiger partial charge >= 0.3 is 5.97 Å². The molecule has 4 heteroatoms. The van der Waals surface area contributed by atoms with Gasteiger partial charge in [-0.2, -0.15) is 0 Å². The maximum absolute atomic E-state index is 12.0. The fourth-order valence-corrected chi connectivity index (χ4v) is 2.33. The van der Waals surface area contributed by atoms with Crippen molar-refractivity contribution in [2.75, 3.05) is 13.7 Å². The molecule has 1 aliphatic heterocycles. The highest BCUT2D eigenvalue weighted by Crippen LogP contribution is 2.26. The summed E-state index contributed by atoms with van der Waals surface area (Å²) < 4.78 is 4.89. The molecule has 96 valence electrons. The Morgan fingerprint density at radius 1 is 1.33 bits per heavy atom. The molecule has 0 saturated carbocycles. The number of benzene rings is 1. The van der Waals surface area contributed by atoms with E-state index >= 15 is 0 Å². The highest BCUT2D eigenvalue weighted by molar-refractivity contribution is 5.87. The predicted molar refractivity (Wildman–Crippen MR) is 69.5 cm³/mol. The van der Waals surface area contributed by atoms with Crippen molar-refractivity contribution in [2.24, 2.45) is 0 Å². The number of methoxy groups -OCH3 is 1. The van der Waals surface area contributed by atoms with Crippen LogP contribution in [0.3, 0.4) is 0 Å². The third kappa shape index (κ3) is 2.53. The Balaban J connectivity index is 2.30. The molecule has 1 saturated heterocycles. The molecule has 1 unspecified atom stereocenters. The van der Waals surface area contributed by atoms with Crippen molar-refractivity contribution in [3.63, 3.8) is 0 Å². The minimum atomic E-state index is -0.482. The van der Waals surface area contributed by atoms with Crippen LogP contribution in [0.5, 0.6) is 0 Å². The Morgan fingerprint density at radius 3 is 2.67 bits per heavy atom. The summed E-state index contributed by atoms with van der Waals surface area (Å²) in [5.41, 5.74) is 0.885. The number of carbonyl (C=O) groups is 1. The van der Waals surface area contributed by atoms with Gasteiger partial charge < -0.3 is 9.64 Å². The molecule has 2 rings (SSSR count). The third-order valence-corrected chi connectivity index (χ3v) is 3.26. The number of likely N-dealkylation sites (tertiary alicyclic amines) is 1. The van der Waals surface area contributed by atoms with Crippen molar-refractivity contribution >= 4 is 11.8 Å². The third-order valence-electron chi connectivity index (χ3n) is 3.26. The number of esters is 1. The summed E-state index contributed by atoms with van der Waals surface area (Å²) in [7, 11) is 1.39. The van der Waals surface area contributed by atoms with Gasteiger partial charge in [0.25, 0.3) is 0 Å². The molecule has 18 heavy (non-hydrogen) atoms. The van der Waals surface area contributed by atoms with E-state index in [1.807, 2.05) is 35.2 Å². The van der Waals surface area contributed by atoms with E-state index in [-0.39, 0.29) is 5.97 Å². The smallest absolute Gasteiger partial charge is 0.333 e. The van der Waals surface area contributed by atoms with Crippen LogP contribution in [0.25, 0.3) is 0 Å². The van der Waals surface area contributed by atoms with Crippen LogP contribution in [-0.2, 0) is 9.53 Å². The molecule has 0 radical (unpaired) electrons. The second kappa shape index (κ2) is 5.67. The van der Waals surface area contributed by atoms with E-state index in [1.54, 1.807) is 0 Å². The zero-order chi connectivity index (χ0) is 13.0. The lowest BCUT2D eigenvalue weighted by molar-refractivity contribution is -0.146. The first-order valence-corrected chi connectivity index (χ1v) is 6.21. The SMILES string of the molecule is COC(=O)C(c1ccccc1)N1CCCCC1=N. The number of piperidine rings is 1. The van der Waals surface area contributed by atoms with E-state index in [0.717, 1.165) is 31.4 Å². The van der Waals surface area contributed by atoms with E-state index < -0.39 is 6.04 Å². The van der Waals surface area contributed by atoms with Crippen LogP contribution in [0.4, 0.5) is 0 Å². The van der Waals surface area contributed by atoms with E-state index in [0.29, 0.717) is 5.84 Å². The molecule has 0 aliphatic carbocycles. The van der Waals surface area contributed by atoms with Crippen molar-refractivity contribution in [2.45, 2.75) is 25.3 Å². The average Bonchev–Trinajstić information content (AvgIpc) is 2.42. The van der Waals surface area contributed by atoms with Crippen molar-refractivity contribution < 1.29 is 9.53 Å².